The molecule has 0 aliphatic carbocycles. The topological polar surface area (TPSA) is 93.9 Å². The van der Waals surface area contributed by atoms with E-state index < -0.39 is 11.0 Å². The predicted molar refractivity (Wildman–Crippen MR) is 105 cm³/mol. The van der Waals surface area contributed by atoms with Gasteiger partial charge in [-0.25, -0.2) is 0 Å². The molecule has 0 bridgehead atoms. The van der Waals surface area contributed by atoms with Gasteiger partial charge in [-0.05, 0) is 37.7 Å². The van der Waals surface area contributed by atoms with E-state index in [0.29, 0.717) is 31.2 Å². The van der Waals surface area contributed by atoms with Crippen LogP contribution >= 0.6 is 11.6 Å². The molecule has 0 radical (unpaired) electrons. The van der Waals surface area contributed by atoms with Gasteiger partial charge in [0.25, 0.3) is 5.69 Å². The summed E-state index contributed by atoms with van der Waals surface area (Å²) in [6.45, 7) is 3.35. The molecule has 1 amide bonds. The van der Waals surface area contributed by atoms with Gasteiger partial charge in [0.05, 0.1) is 21.7 Å². The Labute approximate surface area is 167 Å². The summed E-state index contributed by atoms with van der Waals surface area (Å²) >= 11 is 6.04. The van der Waals surface area contributed by atoms with Crippen molar-refractivity contribution in [1.82, 2.24) is 4.90 Å². The molecule has 2 aromatic carbocycles. The van der Waals surface area contributed by atoms with Crippen molar-refractivity contribution in [2.45, 2.75) is 19.5 Å². The monoisotopic (exact) mass is 405 g/mol. The Kier molecular flexibility index (Phi) is 6.01. The largest absolute Gasteiger partial charge is 0.486 e. The van der Waals surface area contributed by atoms with Gasteiger partial charge in [0.1, 0.15) is 13.2 Å². The van der Waals surface area contributed by atoms with E-state index in [0.717, 1.165) is 11.3 Å². The number of hydrogen-bond acceptors (Lipinski definition) is 6. The first-order valence-corrected chi connectivity index (χ1v) is 9.06. The summed E-state index contributed by atoms with van der Waals surface area (Å²) in [6, 6.07) is 9.17. The van der Waals surface area contributed by atoms with Crippen molar-refractivity contribution in [2.24, 2.45) is 0 Å². The van der Waals surface area contributed by atoms with Crippen LogP contribution in [-0.4, -0.2) is 42.0 Å². The summed E-state index contributed by atoms with van der Waals surface area (Å²) in [7, 11) is 1.83. The van der Waals surface area contributed by atoms with E-state index in [9.17, 15) is 14.9 Å². The average molecular weight is 406 g/mol. The fourth-order valence-electron chi connectivity index (χ4n) is 2.77. The molecule has 0 spiro atoms. The molecule has 1 aliphatic heterocycles. The second-order valence-electron chi connectivity index (χ2n) is 6.48. The highest BCUT2D eigenvalue weighted by Crippen LogP contribution is 2.31. The molecular formula is C19H20ClN3O5. The maximum Gasteiger partial charge on any atom is 0.271 e. The number of anilines is 1. The fourth-order valence-corrected chi connectivity index (χ4v) is 2.99. The molecule has 28 heavy (non-hydrogen) atoms. The molecule has 0 saturated carbocycles. The second kappa shape index (κ2) is 8.45. The molecule has 0 saturated heterocycles. The number of nitro benzene ring substituents is 1. The molecule has 1 atom stereocenters. The number of halogens is 1. The molecule has 1 aliphatic rings. The van der Waals surface area contributed by atoms with Crippen LogP contribution in [0.25, 0.3) is 0 Å². The van der Waals surface area contributed by atoms with Crippen LogP contribution in [0.1, 0.15) is 12.5 Å². The number of ether oxygens (including phenoxy) is 2. The minimum atomic E-state index is -0.540. The first-order valence-electron chi connectivity index (χ1n) is 8.68. The first-order chi connectivity index (χ1) is 13.3. The van der Waals surface area contributed by atoms with Crippen LogP contribution in [-0.2, 0) is 11.3 Å². The van der Waals surface area contributed by atoms with Gasteiger partial charge in [0.2, 0.25) is 5.91 Å². The fraction of sp³-hybridized carbons (Fsp3) is 0.316. The minimum Gasteiger partial charge on any atom is -0.486 e. The van der Waals surface area contributed by atoms with Gasteiger partial charge in [0, 0.05) is 18.7 Å². The number of hydrogen-bond donors (Lipinski definition) is 1. The molecule has 1 unspecified atom stereocenters. The van der Waals surface area contributed by atoms with Crippen LogP contribution in [0.15, 0.2) is 36.4 Å². The van der Waals surface area contributed by atoms with Crippen molar-refractivity contribution in [2.75, 3.05) is 25.6 Å². The van der Waals surface area contributed by atoms with Crippen molar-refractivity contribution >= 4 is 28.9 Å². The molecular weight excluding hydrogens is 386 g/mol. The number of nitrogens with one attached hydrogen (secondary N) is 1. The standard InChI is InChI=1S/C19H20ClN3O5/c1-12(19(24)21-16-5-4-14(23(25)26)10-15(16)20)22(2)11-13-3-6-17-18(9-13)28-8-7-27-17/h3-6,9-10,12H,7-8,11H2,1-2H3,(H,21,24). The number of fused-ring (bicyclic) bond motifs is 1. The molecule has 0 fully saturated rings. The van der Waals surface area contributed by atoms with Crippen LogP contribution in [0.5, 0.6) is 11.5 Å². The summed E-state index contributed by atoms with van der Waals surface area (Å²) in [4.78, 5) is 24.7. The van der Waals surface area contributed by atoms with Crippen LogP contribution in [0.3, 0.4) is 0 Å². The Hall–Kier alpha value is -2.84. The molecule has 3 rings (SSSR count). The Bertz CT molecular complexity index is 905. The number of carbonyl (C=O) groups excluding carboxylic acids is 1. The van der Waals surface area contributed by atoms with Gasteiger partial charge in [-0.2, -0.15) is 0 Å². The molecule has 148 valence electrons. The lowest BCUT2D eigenvalue weighted by molar-refractivity contribution is -0.384. The average Bonchev–Trinajstić information content (AvgIpc) is 2.68. The van der Waals surface area contributed by atoms with E-state index in [1.165, 1.54) is 18.2 Å². The van der Waals surface area contributed by atoms with Crippen molar-refractivity contribution in [3.63, 3.8) is 0 Å². The zero-order valence-electron chi connectivity index (χ0n) is 15.5. The third kappa shape index (κ3) is 4.52. The van der Waals surface area contributed by atoms with Gasteiger partial charge < -0.3 is 14.8 Å². The van der Waals surface area contributed by atoms with Gasteiger partial charge in [-0.15, -0.1) is 0 Å². The minimum absolute atomic E-state index is 0.115. The Morgan fingerprint density at radius 3 is 2.64 bits per heavy atom. The second-order valence-corrected chi connectivity index (χ2v) is 6.89. The van der Waals surface area contributed by atoms with Gasteiger partial charge in [-0.1, -0.05) is 17.7 Å². The van der Waals surface area contributed by atoms with Gasteiger partial charge >= 0.3 is 0 Å². The third-order valence-electron chi connectivity index (χ3n) is 4.50. The smallest absolute Gasteiger partial charge is 0.271 e. The number of non-ortho nitro benzene ring substituents is 1. The lowest BCUT2D eigenvalue weighted by atomic mass is 10.1. The molecule has 2 aromatic rings. The summed E-state index contributed by atoms with van der Waals surface area (Å²) in [5.74, 6) is 1.15. The van der Waals surface area contributed by atoms with E-state index in [4.69, 9.17) is 21.1 Å². The Morgan fingerprint density at radius 2 is 1.96 bits per heavy atom. The van der Waals surface area contributed by atoms with Gasteiger partial charge in [-0.3, -0.25) is 19.8 Å². The summed E-state index contributed by atoms with van der Waals surface area (Å²) < 4.78 is 11.1. The number of rotatable bonds is 6. The Morgan fingerprint density at radius 1 is 1.25 bits per heavy atom. The zero-order chi connectivity index (χ0) is 20.3. The summed E-state index contributed by atoms with van der Waals surface area (Å²) in [5, 5.41) is 13.6. The van der Waals surface area contributed by atoms with Crippen molar-refractivity contribution < 1.29 is 19.2 Å². The molecule has 1 heterocycles. The first kappa shape index (κ1) is 19.9. The maximum atomic E-state index is 12.6. The number of nitrogens with zero attached hydrogens (tertiary/aromatic N) is 2. The summed E-state index contributed by atoms with van der Waals surface area (Å²) in [6.07, 6.45) is 0. The van der Waals surface area contributed by atoms with E-state index in [-0.39, 0.29) is 16.6 Å². The number of likely N-dealkylation sites (N-methyl/N-ethyl adjacent to an activating group) is 1. The van der Waals surface area contributed by atoms with Crippen LogP contribution < -0.4 is 14.8 Å². The highest BCUT2D eigenvalue weighted by molar-refractivity contribution is 6.34. The van der Waals surface area contributed by atoms with Gasteiger partial charge in [0.15, 0.2) is 11.5 Å². The highest BCUT2D eigenvalue weighted by atomic mass is 35.5. The van der Waals surface area contributed by atoms with E-state index in [2.05, 4.69) is 5.32 Å². The number of benzene rings is 2. The zero-order valence-corrected chi connectivity index (χ0v) is 16.2. The van der Waals surface area contributed by atoms with E-state index in [1.54, 1.807) is 6.92 Å². The summed E-state index contributed by atoms with van der Waals surface area (Å²) in [5.41, 5.74) is 1.18. The third-order valence-corrected chi connectivity index (χ3v) is 4.81. The number of carbonyl (C=O) groups is 1. The van der Waals surface area contributed by atoms with E-state index >= 15 is 0 Å². The van der Waals surface area contributed by atoms with E-state index in [1.807, 2.05) is 30.1 Å². The van der Waals surface area contributed by atoms with Crippen LogP contribution in [0.4, 0.5) is 11.4 Å². The lowest BCUT2D eigenvalue weighted by Crippen LogP contribution is -2.39. The molecule has 0 aromatic heterocycles. The molecule has 8 nitrogen and oxygen atoms in total. The maximum absolute atomic E-state index is 12.6. The lowest BCUT2D eigenvalue weighted by Gasteiger charge is -2.25. The van der Waals surface area contributed by atoms with Crippen molar-refractivity contribution in [3.8, 4) is 11.5 Å². The SMILES string of the molecule is CC(C(=O)Nc1ccc([N+](=O)[O-])cc1Cl)N(C)Cc1ccc2c(c1)OCCO2. The number of nitro groups is 1. The quantitative estimate of drug-likeness (QED) is 0.584. The molecule has 9 heteroatoms. The highest BCUT2D eigenvalue weighted by Gasteiger charge is 2.21. The van der Waals surface area contributed by atoms with Crippen LogP contribution in [0, 0.1) is 10.1 Å². The van der Waals surface area contributed by atoms with Crippen molar-refractivity contribution in [3.05, 3.63) is 57.1 Å². The van der Waals surface area contributed by atoms with Crippen molar-refractivity contribution in [1.29, 1.82) is 0 Å². The normalized spacial score (nSPS) is 13.9. The number of amides is 1. The van der Waals surface area contributed by atoms with Crippen LogP contribution in [0.2, 0.25) is 5.02 Å². The predicted octanol–water partition coefficient (Wildman–Crippen LogP) is 3.48. The molecule has 1 N–H and O–H groups in total. The Balaban J connectivity index is 1.63.